The summed E-state index contributed by atoms with van der Waals surface area (Å²) >= 11 is 5.92. The molecule has 2 N–H and O–H groups in total. The van der Waals surface area contributed by atoms with Gasteiger partial charge in [0, 0.05) is 43.8 Å². The number of hydrogen-bond acceptors (Lipinski definition) is 6. The molecular formula is C21H24ClIN6O2. The summed E-state index contributed by atoms with van der Waals surface area (Å²) in [5.41, 5.74) is 1.71. The highest BCUT2D eigenvalue weighted by atomic mass is 127. The Morgan fingerprint density at radius 1 is 1.13 bits per heavy atom. The zero-order valence-corrected chi connectivity index (χ0v) is 20.1. The Bertz CT molecular complexity index is 1020. The lowest BCUT2D eigenvalue weighted by Gasteiger charge is -2.37. The molecule has 3 aromatic rings. The molecule has 0 saturated carbocycles. The van der Waals surface area contributed by atoms with Gasteiger partial charge in [0.05, 0.1) is 12.2 Å². The van der Waals surface area contributed by atoms with Crippen LogP contribution in [0.3, 0.4) is 0 Å². The second-order valence-corrected chi connectivity index (χ2v) is 7.32. The molecule has 1 aromatic heterocycles. The second kappa shape index (κ2) is 10.7. The van der Waals surface area contributed by atoms with Crippen LogP contribution < -0.4 is 10.2 Å². The van der Waals surface area contributed by atoms with Crippen LogP contribution in [-0.2, 0) is 6.54 Å². The summed E-state index contributed by atoms with van der Waals surface area (Å²) in [5.74, 6) is 2.09. The lowest BCUT2D eigenvalue weighted by atomic mass is 10.2. The van der Waals surface area contributed by atoms with E-state index >= 15 is 0 Å². The number of hydrogen-bond donors (Lipinski definition) is 2. The van der Waals surface area contributed by atoms with E-state index in [2.05, 4.69) is 30.2 Å². The maximum absolute atomic E-state index is 10.1. The number of phenolic OH excluding ortho intramolecular Hbond substituents is 1. The molecule has 4 rings (SSSR count). The molecule has 0 aliphatic carbocycles. The van der Waals surface area contributed by atoms with E-state index in [9.17, 15) is 5.11 Å². The molecule has 164 valence electrons. The highest BCUT2D eigenvalue weighted by Gasteiger charge is 2.21. The van der Waals surface area contributed by atoms with Crippen molar-refractivity contribution < 1.29 is 9.63 Å². The zero-order chi connectivity index (χ0) is 20.9. The second-order valence-electron chi connectivity index (χ2n) is 6.88. The molecule has 2 aromatic carbocycles. The largest absolute Gasteiger partial charge is 0.506 e. The Hall–Kier alpha value is -2.53. The third kappa shape index (κ3) is 5.59. The standard InChI is InChI=1S/C21H23ClN6O2.HI/c1-23-21(28-12-10-27(11-13-28)17-4-2-3-5-18(17)29)24-14-19-25-20(26-30-19)15-6-8-16(22)9-7-15;/h2-9,29H,10-14H2,1H3,(H,23,24);1H. The number of benzene rings is 2. The van der Waals surface area contributed by atoms with E-state index < -0.39 is 0 Å². The number of phenols is 1. The van der Waals surface area contributed by atoms with E-state index in [1.165, 1.54) is 0 Å². The Labute approximate surface area is 202 Å². The summed E-state index contributed by atoms with van der Waals surface area (Å²) in [5, 5.41) is 18.1. The number of aromatic hydroxyl groups is 1. The topological polar surface area (TPSA) is 90.0 Å². The average molecular weight is 555 g/mol. The van der Waals surface area contributed by atoms with E-state index in [-0.39, 0.29) is 24.0 Å². The molecule has 1 aliphatic heterocycles. The average Bonchev–Trinajstić information content (AvgIpc) is 3.25. The van der Waals surface area contributed by atoms with Gasteiger partial charge in [-0.2, -0.15) is 4.98 Å². The van der Waals surface area contributed by atoms with Gasteiger partial charge in [0.2, 0.25) is 11.7 Å². The molecule has 0 unspecified atom stereocenters. The molecule has 0 amide bonds. The first-order chi connectivity index (χ1) is 14.6. The summed E-state index contributed by atoms with van der Waals surface area (Å²) in [4.78, 5) is 13.2. The van der Waals surface area contributed by atoms with Crippen molar-refractivity contribution in [2.75, 3.05) is 38.1 Å². The van der Waals surface area contributed by atoms with Gasteiger partial charge in [0.25, 0.3) is 0 Å². The molecule has 2 heterocycles. The number of aliphatic imine (C=N–C) groups is 1. The number of aromatic nitrogens is 2. The van der Waals surface area contributed by atoms with Gasteiger partial charge in [-0.15, -0.1) is 24.0 Å². The van der Waals surface area contributed by atoms with Crippen molar-refractivity contribution in [3.05, 3.63) is 59.4 Å². The Balaban J connectivity index is 0.00000272. The number of rotatable bonds is 4. The minimum Gasteiger partial charge on any atom is -0.506 e. The van der Waals surface area contributed by atoms with Crippen molar-refractivity contribution in [3.8, 4) is 17.1 Å². The maximum Gasteiger partial charge on any atom is 0.246 e. The molecule has 8 nitrogen and oxygen atoms in total. The van der Waals surface area contributed by atoms with E-state index in [1.807, 2.05) is 30.3 Å². The lowest BCUT2D eigenvalue weighted by Crippen LogP contribution is -2.52. The molecule has 0 spiro atoms. The highest BCUT2D eigenvalue weighted by Crippen LogP contribution is 2.27. The highest BCUT2D eigenvalue weighted by molar-refractivity contribution is 14.0. The Morgan fingerprint density at radius 2 is 1.84 bits per heavy atom. The number of nitrogens with one attached hydrogen (secondary N) is 1. The van der Waals surface area contributed by atoms with Crippen molar-refractivity contribution in [3.63, 3.8) is 0 Å². The van der Waals surface area contributed by atoms with E-state index in [1.54, 1.807) is 25.2 Å². The number of anilines is 1. The predicted octanol–water partition coefficient (Wildman–Crippen LogP) is 3.61. The van der Waals surface area contributed by atoms with E-state index in [0.29, 0.717) is 29.0 Å². The minimum absolute atomic E-state index is 0. The van der Waals surface area contributed by atoms with E-state index in [0.717, 1.165) is 43.4 Å². The number of guanidine groups is 1. The smallest absolute Gasteiger partial charge is 0.246 e. The summed E-state index contributed by atoms with van der Waals surface area (Å²) in [7, 11) is 1.75. The molecular weight excluding hydrogens is 531 g/mol. The third-order valence-electron chi connectivity index (χ3n) is 4.98. The van der Waals surface area contributed by atoms with Gasteiger partial charge in [-0.3, -0.25) is 4.99 Å². The van der Waals surface area contributed by atoms with Crippen LogP contribution in [-0.4, -0.2) is 59.3 Å². The first-order valence-corrected chi connectivity index (χ1v) is 10.1. The Kier molecular flexibility index (Phi) is 7.97. The van der Waals surface area contributed by atoms with Gasteiger partial charge in [0.1, 0.15) is 5.75 Å². The molecule has 0 bridgehead atoms. The first kappa shape index (κ1) is 23.1. The van der Waals surface area contributed by atoms with Crippen LogP contribution in [0.2, 0.25) is 5.02 Å². The van der Waals surface area contributed by atoms with Crippen LogP contribution in [0.4, 0.5) is 5.69 Å². The van der Waals surface area contributed by atoms with Crippen LogP contribution in [0.25, 0.3) is 11.4 Å². The number of nitrogens with zero attached hydrogens (tertiary/aromatic N) is 5. The molecule has 31 heavy (non-hydrogen) atoms. The van der Waals surface area contributed by atoms with Crippen molar-refractivity contribution in [2.24, 2.45) is 4.99 Å². The Morgan fingerprint density at radius 3 is 2.52 bits per heavy atom. The van der Waals surface area contributed by atoms with Crippen LogP contribution in [0.5, 0.6) is 5.75 Å². The van der Waals surface area contributed by atoms with Crippen LogP contribution in [0, 0.1) is 0 Å². The van der Waals surface area contributed by atoms with Crippen LogP contribution in [0.1, 0.15) is 5.89 Å². The summed E-state index contributed by atoms with van der Waals surface area (Å²) in [6.45, 7) is 3.54. The monoisotopic (exact) mass is 554 g/mol. The van der Waals surface area contributed by atoms with E-state index in [4.69, 9.17) is 16.1 Å². The van der Waals surface area contributed by atoms with Crippen LogP contribution >= 0.6 is 35.6 Å². The minimum atomic E-state index is 0. The molecule has 0 radical (unpaired) electrons. The van der Waals surface area contributed by atoms with Gasteiger partial charge in [-0.05, 0) is 36.4 Å². The van der Waals surface area contributed by atoms with Crippen LogP contribution in [0.15, 0.2) is 58.0 Å². The van der Waals surface area contributed by atoms with Gasteiger partial charge in [-0.1, -0.05) is 28.9 Å². The number of piperazine rings is 1. The van der Waals surface area contributed by atoms with Gasteiger partial charge in [-0.25, -0.2) is 0 Å². The fourth-order valence-corrected chi connectivity index (χ4v) is 3.55. The number of para-hydroxylation sites is 2. The lowest BCUT2D eigenvalue weighted by molar-refractivity contribution is 0.354. The fraction of sp³-hybridized carbons (Fsp3) is 0.286. The first-order valence-electron chi connectivity index (χ1n) is 9.71. The van der Waals surface area contributed by atoms with Crippen molar-refractivity contribution in [2.45, 2.75) is 6.54 Å². The third-order valence-corrected chi connectivity index (χ3v) is 5.23. The fourth-order valence-electron chi connectivity index (χ4n) is 3.42. The molecule has 1 fully saturated rings. The quantitative estimate of drug-likeness (QED) is 0.289. The SMILES string of the molecule is CN=C(NCc1nc(-c2ccc(Cl)cc2)no1)N1CCN(c2ccccc2O)CC1.I. The number of halogens is 2. The van der Waals surface area contributed by atoms with Crippen molar-refractivity contribution in [1.29, 1.82) is 0 Å². The molecule has 1 saturated heterocycles. The normalized spacial score (nSPS) is 14.3. The molecule has 0 atom stereocenters. The molecule has 1 aliphatic rings. The summed E-state index contributed by atoms with van der Waals surface area (Å²) in [6.07, 6.45) is 0. The maximum atomic E-state index is 10.1. The summed E-state index contributed by atoms with van der Waals surface area (Å²) in [6, 6.07) is 14.7. The van der Waals surface area contributed by atoms with Crippen molar-refractivity contribution >= 4 is 47.2 Å². The van der Waals surface area contributed by atoms with Gasteiger partial charge < -0.3 is 24.7 Å². The summed E-state index contributed by atoms with van der Waals surface area (Å²) < 4.78 is 5.35. The molecule has 10 heteroatoms. The van der Waals surface area contributed by atoms with Crippen molar-refractivity contribution in [1.82, 2.24) is 20.4 Å². The zero-order valence-electron chi connectivity index (χ0n) is 17.0. The van der Waals surface area contributed by atoms with Gasteiger partial charge in [0.15, 0.2) is 5.96 Å². The van der Waals surface area contributed by atoms with Gasteiger partial charge >= 0.3 is 0 Å². The predicted molar refractivity (Wildman–Crippen MR) is 132 cm³/mol.